The number of rotatable bonds is 5. The van der Waals surface area contributed by atoms with E-state index in [0.29, 0.717) is 6.04 Å². The van der Waals surface area contributed by atoms with E-state index in [-0.39, 0.29) is 5.91 Å². The van der Waals surface area contributed by atoms with Crippen LogP contribution >= 0.6 is 0 Å². The number of carbonyl (C=O) groups excluding carboxylic acids is 1. The number of nitrogens with zero attached hydrogens (tertiary/aromatic N) is 1. The Balaban J connectivity index is 2.13. The standard InChI is InChI=1S/C12H25N3O/c1-10(13-6-7-14-11(2)16)12-5-4-8-15(3)9-12/h10,12-13H,4-9H2,1-3H3,(H,14,16). The van der Waals surface area contributed by atoms with E-state index in [1.807, 2.05) is 0 Å². The molecule has 0 aromatic heterocycles. The van der Waals surface area contributed by atoms with Gasteiger partial charge in [-0.25, -0.2) is 0 Å². The summed E-state index contributed by atoms with van der Waals surface area (Å²) < 4.78 is 0. The van der Waals surface area contributed by atoms with E-state index in [0.717, 1.165) is 19.0 Å². The van der Waals surface area contributed by atoms with Crippen molar-refractivity contribution in [3.05, 3.63) is 0 Å². The van der Waals surface area contributed by atoms with Crippen molar-refractivity contribution >= 4 is 5.91 Å². The molecule has 2 unspecified atom stereocenters. The molecule has 1 rings (SSSR count). The monoisotopic (exact) mass is 227 g/mol. The first-order valence-corrected chi connectivity index (χ1v) is 6.26. The van der Waals surface area contributed by atoms with Crippen LogP contribution in [0.1, 0.15) is 26.7 Å². The smallest absolute Gasteiger partial charge is 0.216 e. The number of likely N-dealkylation sites (tertiary alicyclic amines) is 1. The summed E-state index contributed by atoms with van der Waals surface area (Å²) in [6, 6.07) is 0.538. The molecule has 4 nitrogen and oxygen atoms in total. The normalized spacial score (nSPS) is 24.1. The van der Waals surface area contributed by atoms with Crippen LogP contribution in [-0.4, -0.2) is 50.1 Å². The molecule has 2 atom stereocenters. The van der Waals surface area contributed by atoms with Crippen LogP contribution in [0.25, 0.3) is 0 Å². The third-order valence-corrected chi connectivity index (χ3v) is 3.33. The second-order valence-corrected chi connectivity index (χ2v) is 4.89. The maximum Gasteiger partial charge on any atom is 0.216 e. The van der Waals surface area contributed by atoms with Gasteiger partial charge >= 0.3 is 0 Å². The Morgan fingerprint density at radius 2 is 2.25 bits per heavy atom. The van der Waals surface area contributed by atoms with Gasteiger partial charge in [0, 0.05) is 32.6 Å². The molecule has 16 heavy (non-hydrogen) atoms. The first-order chi connectivity index (χ1) is 7.59. The zero-order valence-electron chi connectivity index (χ0n) is 10.8. The number of amides is 1. The van der Waals surface area contributed by atoms with Gasteiger partial charge in [-0.15, -0.1) is 0 Å². The van der Waals surface area contributed by atoms with E-state index in [1.54, 1.807) is 6.92 Å². The van der Waals surface area contributed by atoms with Crippen molar-refractivity contribution in [3.63, 3.8) is 0 Å². The molecule has 0 radical (unpaired) electrons. The van der Waals surface area contributed by atoms with Gasteiger partial charge in [-0.2, -0.15) is 0 Å². The highest BCUT2D eigenvalue weighted by Crippen LogP contribution is 2.18. The van der Waals surface area contributed by atoms with Crippen molar-refractivity contribution in [3.8, 4) is 0 Å². The molecule has 0 aromatic carbocycles. The van der Waals surface area contributed by atoms with Crippen molar-refractivity contribution < 1.29 is 4.79 Å². The number of nitrogens with one attached hydrogen (secondary N) is 2. The van der Waals surface area contributed by atoms with Gasteiger partial charge < -0.3 is 15.5 Å². The lowest BCUT2D eigenvalue weighted by atomic mass is 9.92. The minimum atomic E-state index is 0.0480. The second-order valence-electron chi connectivity index (χ2n) is 4.89. The lowest BCUT2D eigenvalue weighted by Crippen LogP contribution is -2.44. The topological polar surface area (TPSA) is 44.4 Å². The van der Waals surface area contributed by atoms with Crippen LogP contribution in [0.5, 0.6) is 0 Å². The summed E-state index contributed by atoms with van der Waals surface area (Å²) >= 11 is 0. The van der Waals surface area contributed by atoms with Gasteiger partial charge in [0.2, 0.25) is 5.91 Å². The van der Waals surface area contributed by atoms with Crippen molar-refractivity contribution in [2.24, 2.45) is 5.92 Å². The fourth-order valence-corrected chi connectivity index (χ4v) is 2.32. The molecule has 0 spiro atoms. The summed E-state index contributed by atoms with van der Waals surface area (Å²) in [5.74, 6) is 0.794. The van der Waals surface area contributed by atoms with Gasteiger partial charge in [0.1, 0.15) is 0 Å². The number of hydrogen-bond donors (Lipinski definition) is 2. The minimum absolute atomic E-state index is 0.0480. The minimum Gasteiger partial charge on any atom is -0.355 e. The zero-order chi connectivity index (χ0) is 12.0. The van der Waals surface area contributed by atoms with Gasteiger partial charge in [0.05, 0.1) is 0 Å². The van der Waals surface area contributed by atoms with E-state index in [2.05, 4.69) is 29.5 Å². The highest BCUT2D eigenvalue weighted by Gasteiger charge is 2.21. The molecule has 1 fully saturated rings. The van der Waals surface area contributed by atoms with Gasteiger partial charge in [-0.3, -0.25) is 4.79 Å². The largest absolute Gasteiger partial charge is 0.355 e. The zero-order valence-corrected chi connectivity index (χ0v) is 10.8. The fourth-order valence-electron chi connectivity index (χ4n) is 2.32. The summed E-state index contributed by atoms with van der Waals surface area (Å²) in [5.41, 5.74) is 0. The lowest BCUT2D eigenvalue weighted by Gasteiger charge is -2.34. The van der Waals surface area contributed by atoms with Crippen LogP contribution in [0.15, 0.2) is 0 Å². The molecular weight excluding hydrogens is 202 g/mol. The third-order valence-electron chi connectivity index (χ3n) is 3.33. The quantitative estimate of drug-likeness (QED) is 0.670. The summed E-state index contributed by atoms with van der Waals surface area (Å²) in [6.07, 6.45) is 2.62. The molecule has 1 aliphatic heterocycles. The molecule has 1 aliphatic rings. The highest BCUT2D eigenvalue weighted by atomic mass is 16.1. The molecular formula is C12H25N3O. The lowest BCUT2D eigenvalue weighted by molar-refractivity contribution is -0.118. The summed E-state index contributed by atoms with van der Waals surface area (Å²) in [6.45, 7) is 7.81. The summed E-state index contributed by atoms with van der Waals surface area (Å²) in [5, 5.41) is 6.29. The molecule has 0 aromatic rings. The predicted molar refractivity (Wildman–Crippen MR) is 66.4 cm³/mol. The van der Waals surface area contributed by atoms with Gasteiger partial charge in [0.15, 0.2) is 0 Å². The van der Waals surface area contributed by atoms with E-state index in [4.69, 9.17) is 0 Å². The first kappa shape index (κ1) is 13.5. The van der Waals surface area contributed by atoms with E-state index in [1.165, 1.54) is 25.9 Å². The van der Waals surface area contributed by atoms with Crippen LogP contribution in [0.3, 0.4) is 0 Å². The molecule has 94 valence electrons. The molecule has 0 saturated carbocycles. The molecule has 2 N–H and O–H groups in total. The van der Waals surface area contributed by atoms with Crippen LogP contribution in [-0.2, 0) is 4.79 Å². The highest BCUT2D eigenvalue weighted by molar-refractivity contribution is 5.72. The van der Waals surface area contributed by atoms with E-state index >= 15 is 0 Å². The average molecular weight is 227 g/mol. The maximum absolute atomic E-state index is 10.7. The Kier molecular flexibility index (Phi) is 5.77. The SMILES string of the molecule is CC(=O)NCCNC(C)C1CCCN(C)C1. The van der Waals surface area contributed by atoms with Crippen molar-refractivity contribution in [1.29, 1.82) is 0 Å². The number of carbonyl (C=O) groups is 1. The van der Waals surface area contributed by atoms with Crippen LogP contribution in [0, 0.1) is 5.92 Å². The second kappa shape index (κ2) is 6.86. The Labute approximate surface area is 98.8 Å². The molecule has 0 aliphatic carbocycles. The fraction of sp³-hybridized carbons (Fsp3) is 0.917. The third kappa shape index (κ3) is 4.94. The molecule has 1 saturated heterocycles. The van der Waals surface area contributed by atoms with Crippen LogP contribution in [0.4, 0.5) is 0 Å². The predicted octanol–water partition coefficient (Wildman–Crippen LogP) is 0.442. The van der Waals surface area contributed by atoms with Crippen LogP contribution in [0.2, 0.25) is 0 Å². The van der Waals surface area contributed by atoms with Crippen LogP contribution < -0.4 is 10.6 Å². The van der Waals surface area contributed by atoms with Crippen molar-refractivity contribution in [2.45, 2.75) is 32.7 Å². The first-order valence-electron chi connectivity index (χ1n) is 6.26. The van der Waals surface area contributed by atoms with Gasteiger partial charge in [-0.1, -0.05) is 0 Å². The Morgan fingerprint density at radius 1 is 1.50 bits per heavy atom. The Morgan fingerprint density at radius 3 is 2.88 bits per heavy atom. The summed E-state index contributed by atoms with van der Waals surface area (Å²) in [7, 11) is 2.19. The summed E-state index contributed by atoms with van der Waals surface area (Å²) in [4.78, 5) is 13.1. The Hall–Kier alpha value is -0.610. The number of piperidine rings is 1. The molecule has 1 amide bonds. The van der Waals surface area contributed by atoms with Gasteiger partial charge in [0.25, 0.3) is 0 Å². The molecule has 4 heteroatoms. The number of hydrogen-bond acceptors (Lipinski definition) is 3. The van der Waals surface area contributed by atoms with Gasteiger partial charge in [-0.05, 0) is 39.3 Å². The molecule has 1 heterocycles. The maximum atomic E-state index is 10.7. The Bertz CT molecular complexity index is 220. The average Bonchev–Trinajstić information content (AvgIpc) is 2.24. The molecule has 0 bridgehead atoms. The van der Waals surface area contributed by atoms with E-state index in [9.17, 15) is 4.79 Å². The van der Waals surface area contributed by atoms with E-state index < -0.39 is 0 Å². The van der Waals surface area contributed by atoms with Crippen molar-refractivity contribution in [1.82, 2.24) is 15.5 Å². The van der Waals surface area contributed by atoms with Crippen molar-refractivity contribution in [2.75, 3.05) is 33.2 Å².